The third-order valence-electron chi connectivity index (χ3n) is 4.30. The van der Waals surface area contributed by atoms with Gasteiger partial charge in [0.2, 0.25) is 11.8 Å². The van der Waals surface area contributed by atoms with Crippen molar-refractivity contribution >= 4 is 23.6 Å². The van der Waals surface area contributed by atoms with Gasteiger partial charge in [-0.05, 0) is 24.6 Å². The Morgan fingerprint density at radius 1 is 1.26 bits per heavy atom. The predicted molar refractivity (Wildman–Crippen MR) is 98.3 cm³/mol. The van der Waals surface area contributed by atoms with Crippen molar-refractivity contribution in [3.8, 4) is 0 Å². The first kappa shape index (κ1) is 21.6. The number of hydrogen-bond donors (Lipinski definition) is 2. The molecule has 1 aromatic rings. The fourth-order valence-corrected chi connectivity index (χ4v) is 4.07. The average Bonchev–Trinajstić information content (AvgIpc) is 2.87. The lowest BCUT2D eigenvalue weighted by Gasteiger charge is -2.24. The molecule has 1 fully saturated rings. The molecule has 27 heavy (non-hydrogen) atoms. The van der Waals surface area contributed by atoms with E-state index >= 15 is 0 Å². The molecule has 5 nitrogen and oxygen atoms in total. The summed E-state index contributed by atoms with van der Waals surface area (Å²) in [5.74, 6) is -0.241. The maximum Gasteiger partial charge on any atom is 0.416 e. The molecule has 9 heteroatoms. The summed E-state index contributed by atoms with van der Waals surface area (Å²) in [6.07, 6.45) is -4.23. The SMILES string of the molecule is C[C@@H]1S[C@H](c2ccc(C(F)(F)F)cc2)N(CCC(=O)NCC[NH+](C)C)C1=O. The molecule has 1 saturated heterocycles. The third-order valence-corrected chi connectivity index (χ3v) is 5.69. The van der Waals surface area contributed by atoms with Crippen LogP contribution in [0.25, 0.3) is 0 Å². The Hall–Kier alpha value is -1.74. The van der Waals surface area contributed by atoms with E-state index < -0.39 is 11.7 Å². The zero-order valence-electron chi connectivity index (χ0n) is 15.6. The summed E-state index contributed by atoms with van der Waals surface area (Å²) in [6.45, 7) is 3.37. The minimum absolute atomic E-state index is 0.101. The van der Waals surface area contributed by atoms with Crippen LogP contribution in [0.15, 0.2) is 24.3 Å². The van der Waals surface area contributed by atoms with Gasteiger partial charge in [0.15, 0.2) is 0 Å². The van der Waals surface area contributed by atoms with E-state index in [-0.39, 0.29) is 35.4 Å². The van der Waals surface area contributed by atoms with Gasteiger partial charge in [-0.1, -0.05) is 12.1 Å². The summed E-state index contributed by atoms with van der Waals surface area (Å²) in [5, 5.41) is 2.14. The van der Waals surface area contributed by atoms with E-state index in [1.165, 1.54) is 28.8 Å². The number of thioether (sulfide) groups is 1. The van der Waals surface area contributed by atoms with Crippen LogP contribution in [0.1, 0.15) is 29.8 Å². The van der Waals surface area contributed by atoms with E-state index in [9.17, 15) is 22.8 Å². The number of carbonyl (C=O) groups excluding carboxylic acids is 2. The Bertz CT molecular complexity index is 665. The van der Waals surface area contributed by atoms with Crippen molar-refractivity contribution in [1.29, 1.82) is 0 Å². The lowest BCUT2D eigenvalue weighted by atomic mass is 10.1. The van der Waals surface area contributed by atoms with Crippen LogP contribution < -0.4 is 10.2 Å². The number of halogens is 3. The lowest BCUT2D eigenvalue weighted by molar-refractivity contribution is -0.856. The Balaban J connectivity index is 2.01. The normalized spacial score (nSPS) is 20.4. The number of nitrogens with zero attached hydrogens (tertiary/aromatic N) is 1. The first-order valence-electron chi connectivity index (χ1n) is 8.78. The average molecular weight is 404 g/mol. The van der Waals surface area contributed by atoms with Crippen molar-refractivity contribution in [2.45, 2.75) is 30.1 Å². The number of carbonyl (C=O) groups is 2. The van der Waals surface area contributed by atoms with Gasteiger partial charge in [-0.15, -0.1) is 11.8 Å². The molecule has 0 saturated carbocycles. The molecule has 0 radical (unpaired) electrons. The van der Waals surface area contributed by atoms with Gasteiger partial charge in [-0.2, -0.15) is 13.2 Å². The van der Waals surface area contributed by atoms with Crippen LogP contribution in [0.5, 0.6) is 0 Å². The van der Waals surface area contributed by atoms with E-state index in [4.69, 9.17) is 0 Å². The van der Waals surface area contributed by atoms with Crippen molar-refractivity contribution in [2.24, 2.45) is 0 Å². The first-order valence-corrected chi connectivity index (χ1v) is 9.72. The molecule has 2 rings (SSSR count). The predicted octanol–water partition coefficient (Wildman–Crippen LogP) is 1.32. The number of nitrogens with one attached hydrogen (secondary N) is 2. The van der Waals surface area contributed by atoms with Crippen molar-refractivity contribution in [1.82, 2.24) is 10.2 Å². The number of hydrogen-bond acceptors (Lipinski definition) is 3. The molecular weight excluding hydrogens is 379 g/mol. The van der Waals surface area contributed by atoms with Crippen molar-refractivity contribution in [2.75, 3.05) is 33.7 Å². The Labute approximate surface area is 161 Å². The Morgan fingerprint density at radius 2 is 1.89 bits per heavy atom. The summed E-state index contributed by atoms with van der Waals surface area (Å²) in [6, 6.07) is 4.85. The highest BCUT2D eigenvalue weighted by atomic mass is 32.2. The molecule has 0 spiro atoms. The van der Waals surface area contributed by atoms with Crippen LogP contribution in [0.3, 0.4) is 0 Å². The van der Waals surface area contributed by atoms with Crippen LogP contribution in [0, 0.1) is 0 Å². The molecule has 0 unspecified atom stereocenters. The third kappa shape index (κ3) is 5.87. The summed E-state index contributed by atoms with van der Waals surface area (Å²) >= 11 is 1.38. The zero-order valence-corrected chi connectivity index (χ0v) is 16.4. The van der Waals surface area contributed by atoms with Crippen LogP contribution in [-0.2, 0) is 15.8 Å². The maximum absolute atomic E-state index is 12.7. The minimum Gasteiger partial charge on any atom is -0.350 e. The molecule has 1 aliphatic heterocycles. The van der Waals surface area contributed by atoms with Crippen LogP contribution in [0.4, 0.5) is 13.2 Å². The minimum atomic E-state index is -4.39. The van der Waals surface area contributed by atoms with Gasteiger partial charge in [-0.25, -0.2) is 0 Å². The second kappa shape index (κ2) is 8.97. The standard InChI is InChI=1S/C18H24F3N3O2S/c1-12-16(26)24(10-8-15(25)22-9-11-23(2)3)17(27-12)13-4-6-14(7-5-13)18(19,20)21/h4-7,12,17H,8-11H2,1-3H3,(H,22,25)/p+1/t12-,17+/m0/s1. The lowest BCUT2D eigenvalue weighted by Crippen LogP contribution is -3.06. The Morgan fingerprint density at radius 3 is 2.44 bits per heavy atom. The quantitative estimate of drug-likeness (QED) is 0.721. The highest BCUT2D eigenvalue weighted by Crippen LogP contribution is 2.43. The number of quaternary nitrogens is 1. The summed E-state index contributed by atoms with van der Waals surface area (Å²) in [5.41, 5.74) is -0.0927. The van der Waals surface area contributed by atoms with Gasteiger partial charge in [0.1, 0.15) is 5.37 Å². The summed E-state index contributed by atoms with van der Waals surface area (Å²) in [4.78, 5) is 27.2. The maximum atomic E-state index is 12.7. The largest absolute Gasteiger partial charge is 0.416 e. The topological polar surface area (TPSA) is 53.9 Å². The van der Waals surface area contributed by atoms with E-state index in [2.05, 4.69) is 5.32 Å². The van der Waals surface area contributed by atoms with E-state index in [1.807, 2.05) is 14.1 Å². The van der Waals surface area contributed by atoms with Gasteiger partial charge in [0.05, 0.1) is 38.0 Å². The van der Waals surface area contributed by atoms with Gasteiger partial charge in [0, 0.05) is 13.0 Å². The number of amides is 2. The molecule has 0 bridgehead atoms. The molecule has 1 aromatic carbocycles. The van der Waals surface area contributed by atoms with E-state index in [0.29, 0.717) is 12.1 Å². The second-order valence-electron chi connectivity index (χ2n) is 6.84. The van der Waals surface area contributed by atoms with Crippen molar-refractivity contribution in [3.63, 3.8) is 0 Å². The Kier molecular flexibility index (Phi) is 7.16. The van der Waals surface area contributed by atoms with Crippen molar-refractivity contribution < 1.29 is 27.7 Å². The number of likely N-dealkylation sites (N-methyl/N-ethyl adjacent to an activating group) is 1. The van der Waals surface area contributed by atoms with E-state index in [0.717, 1.165) is 18.7 Å². The van der Waals surface area contributed by atoms with Crippen molar-refractivity contribution in [3.05, 3.63) is 35.4 Å². The molecule has 2 amide bonds. The number of benzene rings is 1. The number of alkyl halides is 3. The molecule has 150 valence electrons. The van der Waals surface area contributed by atoms with Gasteiger partial charge in [0.25, 0.3) is 0 Å². The highest BCUT2D eigenvalue weighted by molar-refractivity contribution is 8.01. The zero-order chi connectivity index (χ0) is 20.2. The van der Waals surface area contributed by atoms with Crippen LogP contribution >= 0.6 is 11.8 Å². The second-order valence-corrected chi connectivity index (χ2v) is 8.26. The molecule has 1 aliphatic rings. The monoisotopic (exact) mass is 404 g/mol. The van der Waals surface area contributed by atoms with Crippen LogP contribution in [0.2, 0.25) is 0 Å². The van der Waals surface area contributed by atoms with E-state index in [1.54, 1.807) is 11.8 Å². The molecule has 0 aliphatic carbocycles. The fourth-order valence-electron chi connectivity index (χ4n) is 2.76. The van der Waals surface area contributed by atoms with Crippen LogP contribution in [-0.4, -0.2) is 55.7 Å². The first-order chi connectivity index (χ1) is 12.6. The number of rotatable bonds is 7. The smallest absolute Gasteiger partial charge is 0.350 e. The van der Waals surface area contributed by atoms with Gasteiger partial charge < -0.3 is 15.1 Å². The molecule has 1 heterocycles. The summed E-state index contributed by atoms with van der Waals surface area (Å²) < 4.78 is 38.2. The van der Waals surface area contributed by atoms with Gasteiger partial charge in [-0.3, -0.25) is 9.59 Å². The fraction of sp³-hybridized carbons (Fsp3) is 0.556. The molecule has 2 N–H and O–H groups in total. The molecule has 2 atom stereocenters. The molecule has 0 aromatic heterocycles. The highest BCUT2D eigenvalue weighted by Gasteiger charge is 2.39. The van der Waals surface area contributed by atoms with Gasteiger partial charge >= 0.3 is 6.18 Å². The summed E-state index contributed by atoms with van der Waals surface area (Å²) in [7, 11) is 3.98. The molecular formula is C18H25F3N3O2S+.